The minimum atomic E-state index is -4.10. The lowest BCUT2D eigenvalue weighted by atomic mass is 10.2. The van der Waals surface area contributed by atoms with Gasteiger partial charge in [-0.1, -0.05) is 17.7 Å². The van der Waals surface area contributed by atoms with E-state index >= 15 is 0 Å². The molecule has 0 fully saturated rings. The summed E-state index contributed by atoms with van der Waals surface area (Å²) in [6, 6.07) is 9.61. The molecule has 2 heterocycles. The van der Waals surface area contributed by atoms with Crippen molar-refractivity contribution in [2.24, 2.45) is 0 Å². The van der Waals surface area contributed by atoms with Crippen LogP contribution in [0.5, 0.6) is 0 Å². The molecule has 6 nitrogen and oxygen atoms in total. The third-order valence-corrected chi connectivity index (χ3v) is 7.77. The molecule has 0 unspecified atom stereocenters. The van der Waals surface area contributed by atoms with Gasteiger partial charge in [0.05, 0.1) is 4.34 Å². The number of hydrogen-bond acceptors (Lipinski definition) is 5. The van der Waals surface area contributed by atoms with Gasteiger partial charge in [-0.2, -0.15) is 0 Å². The summed E-state index contributed by atoms with van der Waals surface area (Å²) in [5.41, 5.74) is 0.124. The Labute approximate surface area is 175 Å². The van der Waals surface area contributed by atoms with E-state index in [1.165, 1.54) is 43.3 Å². The van der Waals surface area contributed by atoms with Crippen LogP contribution in [0.4, 0.5) is 10.1 Å². The van der Waals surface area contributed by atoms with E-state index in [2.05, 4.69) is 5.32 Å². The van der Waals surface area contributed by atoms with E-state index in [1.54, 1.807) is 6.92 Å². The smallest absolute Gasteiger partial charge is 0.270 e. The summed E-state index contributed by atoms with van der Waals surface area (Å²) in [5.74, 6) is -1.11. The zero-order valence-corrected chi connectivity index (χ0v) is 17.8. The molecule has 3 rings (SSSR count). The van der Waals surface area contributed by atoms with Gasteiger partial charge in [0.15, 0.2) is 0 Å². The molecule has 0 bridgehead atoms. The first-order valence-electron chi connectivity index (χ1n) is 8.36. The molecule has 0 aliphatic rings. The van der Waals surface area contributed by atoms with Crippen molar-refractivity contribution in [3.05, 3.63) is 74.2 Å². The highest BCUT2D eigenvalue weighted by Gasteiger charge is 2.27. The fraction of sp³-hybridized carbons (Fsp3) is 0.158. The van der Waals surface area contributed by atoms with Crippen LogP contribution in [0, 0.1) is 19.7 Å². The van der Waals surface area contributed by atoms with Crippen LogP contribution in [-0.4, -0.2) is 18.9 Å². The van der Waals surface area contributed by atoms with Gasteiger partial charge in [-0.05, 0) is 55.8 Å². The molecule has 0 atom stereocenters. The van der Waals surface area contributed by atoms with Crippen LogP contribution >= 0.6 is 22.9 Å². The Bertz CT molecular complexity index is 1270. The van der Waals surface area contributed by atoms with Gasteiger partial charge in [-0.15, -0.1) is 11.3 Å². The van der Waals surface area contributed by atoms with Crippen LogP contribution in [0.2, 0.25) is 4.34 Å². The van der Waals surface area contributed by atoms with Crippen molar-refractivity contribution in [2.45, 2.75) is 29.5 Å². The summed E-state index contributed by atoms with van der Waals surface area (Å²) >= 11 is 6.69. The van der Waals surface area contributed by atoms with Gasteiger partial charge >= 0.3 is 0 Å². The molecule has 1 aromatic carbocycles. The Morgan fingerprint density at radius 3 is 2.55 bits per heavy atom. The first kappa shape index (κ1) is 21.2. The molecule has 0 aliphatic heterocycles. The number of anilines is 1. The zero-order chi connectivity index (χ0) is 21.3. The van der Waals surface area contributed by atoms with Crippen molar-refractivity contribution in [1.29, 1.82) is 0 Å². The van der Waals surface area contributed by atoms with Crippen molar-refractivity contribution < 1.29 is 17.6 Å². The minimum absolute atomic E-state index is 0.0534. The number of halogens is 2. The van der Waals surface area contributed by atoms with Crippen molar-refractivity contribution in [2.75, 3.05) is 5.32 Å². The molecule has 0 saturated heterocycles. The Balaban J connectivity index is 1.99. The molecule has 1 amide bonds. The monoisotopic (exact) mass is 454 g/mol. The van der Waals surface area contributed by atoms with E-state index in [0.717, 1.165) is 22.0 Å². The number of thiophene rings is 1. The lowest BCUT2D eigenvalue weighted by Crippen LogP contribution is -2.33. The predicted octanol–water partition coefficient (Wildman–Crippen LogP) is 3.79. The van der Waals surface area contributed by atoms with Crippen molar-refractivity contribution >= 4 is 44.4 Å². The molecule has 3 aromatic rings. The van der Waals surface area contributed by atoms with E-state index in [-0.39, 0.29) is 19.8 Å². The molecule has 1 N–H and O–H groups in total. The van der Waals surface area contributed by atoms with Gasteiger partial charge in [-0.3, -0.25) is 9.59 Å². The number of amides is 1. The number of rotatable bonds is 5. The molecule has 29 heavy (non-hydrogen) atoms. The number of benzene rings is 1. The second-order valence-electron chi connectivity index (χ2n) is 6.31. The third kappa shape index (κ3) is 4.42. The minimum Gasteiger partial charge on any atom is -0.324 e. The Kier molecular flexibility index (Phi) is 5.92. The van der Waals surface area contributed by atoms with Gasteiger partial charge in [0, 0.05) is 11.4 Å². The average molecular weight is 455 g/mol. The van der Waals surface area contributed by atoms with Crippen LogP contribution < -0.4 is 10.9 Å². The Hall–Kier alpha value is -2.49. The fourth-order valence-electron chi connectivity index (χ4n) is 2.88. The number of carbonyl (C=O) groups excluding carboxylic acids is 1. The van der Waals surface area contributed by atoms with Crippen molar-refractivity contribution in [1.82, 2.24) is 4.57 Å². The molecule has 0 radical (unpaired) electrons. The lowest BCUT2D eigenvalue weighted by molar-refractivity contribution is -0.116. The fourth-order valence-corrected chi connectivity index (χ4v) is 6.03. The number of nitrogens with one attached hydrogen (secondary N) is 1. The summed E-state index contributed by atoms with van der Waals surface area (Å²) < 4.78 is 40.5. The van der Waals surface area contributed by atoms with Gasteiger partial charge in [-0.25, -0.2) is 12.8 Å². The Morgan fingerprint density at radius 1 is 1.21 bits per heavy atom. The summed E-state index contributed by atoms with van der Waals surface area (Å²) in [6.07, 6.45) is 0. The predicted molar refractivity (Wildman–Crippen MR) is 110 cm³/mol. The summed E-state index contributed by atoms with van der Waals surface area (Å²) in [6.45, 7) is 2.70. The van der Waals surface area contributed by atoms with Crippen LogP contribution in [0.15, 0.2) is 56.4 Å². The largest absolute Gasteiger partial charge is 0.324 e. The van der Waals surface area contributed by atoms with Crippen molar-refractivity contribution in [3.8, 4) is 0 Å². The second kappa shape index (κ2) is 8.10. The van der Waals surface area contributed by atoms with Gasteiger partial charge in [0.25, 0.3) is 5.56 Å². The van der Waals surface area contributed by atoms with E-state index in [1.807, 2.05) is 0 Å². The average Bonchev–Trinajstić information content (AvgIpc) is 3.05. The van der Waals surface area contributed by atoms with E-state index in [0.29, 0.717) is 5.69 Å². The van der Waals surface area contributed by atoms with Gasteiger partial charge in [0.2, 0.25) is 15.7 Å². The number of nitrogens with zero attached hydrogens (tertiary/aromatic N) is 1. The highest BCUT2D eigenvalue weighted by molar-refractivity contribution is 7.93. The van der Waals surface area contributed by atoms with E-state index in [9.17, 15) is 22.4 Å². The molecule has 0 saturated carbocycles. The maximum Gasteiger partial charge on any atom is 0.270 e. The van der Waals surface area contributed by atoms with Gasteiger partial charge in [0.1, 0.15) is 21.5 Å². The lowest BCUT2D eigenvalue weighted by Gasteiger charge is -2.14. The van der Waals surface area contributed by atoms with E-state index < -0.39 is 38.6 Å². The highest BCUT2D eigenvalue weighted by Crippen LogP contribution is 2.30. The zero-order valence-electron chi connectivity index (χ0n) is 15.4. The molecule has 0 aliphatic carbocycles. The molecule has 10 heteroatoms. The maximum absolute atomic E-state index is 13.3. The molecule has 2 aromatic heterocycles. The number of hydrogen-bond donors (Lipinski definition) is 1. The number of carbonyl (C=O) groups is 1. The van der Waals surface area contributed by atoms with E-state index in [4.69, 9.17) is 11.6 Å². The van der Waals surface area contributed by atoms with Crippen LogP contribution in [0.3, 0.4) is 0 Å². The molecule has 0 spiro atoms. The third-order valence-electron chi connectivity index (χ3n) is 4.14. The maximum atomic E-state index is 13.3. The number of pyridine rings is 1. The standard InChI is InChI=1S/C19H16ClFN2O4S2/c1-11-8-12(2)23(10-16(24)22-14-5-3-4-13(21)9-14)19(25)18(11)29(26,27)17-7-6-15(20)28-17/h3-9H,10H2,1-2H3,(H,22,24). The highest BCUT2D eigenvalue weighted by atomic mass is 35.5. The van der Waals surface area contributed by atoms with Gasteiger partial charge < -0.3 is 9.88 Å². The first-order valence-corrected chi connectivity index (χ1v) is 11.0. The summed E-state index contributed by atoms with van der Waals surface area (Å²) in [4.78, 5) is 25.0. The number of aromatic nitrogens is 1. The first-order chi connectivity index (χ1) is 13.6. The Morgan fingerprint density at radius 2 is 1.93 bits per heavy atom. The topological polar surface area (TPSA) is 85.2 Å². The number of sulfone groups is 1. The summed E-state index contributed by atoms with van der Waals surface area (Å²) in [5, 5.41) is 2.49. The SMILES string of the molecule is Cc1cc(C)n(CC(=O)Nc2cccc(F)c2)c(=O)c1S(=O)(=O)c1ccc(Cl)s1. The van der Waals surface area contributed by atoms with Crippen LogP contribution in [-0.2, 0) is 21.2 Å². The normalized spacial score (nSPS) is 11.4. The van der Waals surface area contributed by atoms with Crippen molar-refractivity contribution in [3.63, 3.8) is 0 Å². The quantitative estimate of drug-likeness (QED) is 0.635. The van der Waals surface area contributed by atoms with Crippen LogP contribution in [0.1, 0.15) is 11.3 Å². The second-order valence-corrected chi connectivity index (χ2v) is 10.1. The summed E-state index contributed by atoms with van der Waals surface area (Å²) in [7, 11) is -4.10. The number of aryl methyl sites for hydroxylation is 2. The molecule has 152 valence electrons. The molecular weight excluding hydrogens is 439 g/mol. The molecular formula is C19H16ClFN2O4S2. The van der Waals surface area contributed by atoms with Crippen LogP contribution in [0.25, 0.3) is 0 Å².